The van der Waals surface area contributed by atoms with E-state index in [0.717, 1.165) is 32.4 Å². The molecule has 2 aromatic heterocycles. The highest BCUT2D eigenvalue weighted by atomic mass is 16.2. The molecule has 4 rings (SSSR count). The van der Waals surface area contributed by atoms with Gasteiger partial charge in [-0.25, -0.2) is 4.98 Å². The minimum absolute atomic E-state index is 0.103. The van der Waals surface area contributed by atoms with Crippen LogP contribution in [0.15, 0.2) is 48.7 Å². The van der Waals surface area contributed by atoms with Crippen LogP contribution >= 0.6 is 0 Å². The number of hydrogen-bond donors (Lipinski definition) is 1. The summed E-state index contributed by atoms with van der Waals surface area (Å²) in [5, 5.41) is 2.90. The monoisotopic (exact) mass is 390 g/mol. The highest BCUT2D eigenvalue weighted by Gasteiger charge is 2.26. The van der Waals surface area contributed by atoms with Gasteiger partial charge in [-0.2, -0.15) is 0 Å². The molecule has 0 radical (unpaired) electrons. The van der Waals surface area contributed by atoms with Gasteiger partial charge in [-0.15, -0.1) is 0 Å². The fourth-order valence-corrected chi connectivity index (χ4v) is 3.74. The van der Waals surface area contributed by atoms with Crippen molar-refractivity contribution in [1.82, 2.24) is 14.3 Å². The quantitative estimate of drug-likeness (QED) is 0.721. The molecular weight excluding hydrogens is 364 g/mol. The molecular formula is C23H26N4O2. The Labute approximate surface area is 170 Å². The van der Waals surface area contributed by atoms with Crippen molar-refractivity contribution in [2.45, 2.75) is 39.0 Å². The first-order chi connectivity index (χ1) is 14.0. The molecule has 0 saturated carbocycles. The van der Waals surface area contributed by atoms with Gasteiger partial charge in [-0.1, -0.05) is 32.0 Å². The molecule has 1 aliphatic rings. The Morgan fingerprint density at radius 3 is 2.41 bits per heavy atom. The molecule has 1 N–H and O–H groups in total. The van der Waals surface area contributed by atoms with E-state index in [-0.39, 0.29) is 17.6 Å². The van der Waals surface area contributed by atoms with Crippen LogP contribution in [0.5, 0.6) is 0 Å². The zero-order valence-corrected chi connectivity index (χ0v) is 16.9. The van der Waals surface area contributed by atoms with Crippen molar-refractivity contribution in [2.24, 2.45) is 0 Å². The van der Waals surface area contributed by atoms with E-state index in [1.165, 1.54) is 5.56 Å². The molecule has 1 fully saturated rings. The van der Waals surface area contributed by atoms with Crippen LogP contribution < -0.4 is 5.32 Å². The van der Waals surface area contributed by atoms with E-state index in [9.17, 15) is 9.59 Å². The molecule has 3 aromatic rings. The number of carbonyl (C=O) groups is 2. The Morgan fingerprint density at radius 1 is 1.00 bits per heavy atom. The molecule has 0 unspecified atom stereocenters. The molecule has 6 nitrogen and oxygen atoms in total. The molecule has 1 saturated heterocycles. The van der Waals surface area contributed by atoms with E-state index in [1.807, 2.05) is 47.4 Å². The highest BCUT2D eigenvalue weighted by molar-refractivity contribution is 6.06. The number of hydrogen-bond acceptors (Lipinski definition) is 3. The summed E-state index contributed by atoms with van der Waals surface area (Å²) in [6.45, 7) is 5.75. The van der Waals surface area contributed by atoms with Crippen LogP contribution in [0.4, 0.5) is 5.69 Å². The number of benzene rings is 1. The fourth-order valence-electron chi connectivity index (χ4n) is 3.74. The van der Waals surface area contributed by atoms with Gasteiger partial charge in [0.25, 0.3) is 11.8 Å². The third kappa shape index (κ3) is 3.88. The number of fused-ring (bicyclic) bond motifs is 1. The third-order valence-corrected chi connectivity index (χ3v) is 5.43. The highest BCUT2D eigenvalue weighted by Crippen LogP contribution is 2.20. The first-order valence-corrected chi connectivity index (χ1v) is 10.2. The molecule has 1 aromatic carbocycles. The van der Waals surface area contributed by atoms with Crippen molar-refractivity contribution in [1.29, 1.82) is 0 Å². The normalized spacial score (nSPS) is 14.4. The van der Waals surface area contributed by atoms with Gasteiger partial charge < -0.3 is 10.2 Å². The van der Waals surface area contributed by atoms with Crippen LogP contribution in [-0.2, 0) is 0 Å². The smallest absolute Gasteiger partial charge is 0.292 e. The lowest BCUT2D eigenvalue weighted by atomic mass is 10.0. The van der Waals surface area contributed by atoms with Gasteiger partial charge in [-0.05, 0) is 55.0 Å². The van der Waals surface area contributed by atoms with Gasteiger partial charge in [0.05, 0.1) is 5.52 Å². The van der Waals surface area contributed by atoms with Crippen LogP contribution in [0.3, 0.4) is 0 Å². The number of carbonyl (C=O) groups excluding carboxylic acids is 2. The number of rotatable bonds is 4. The first kappa shape index (κ1) is 19.2. The van der Waals surface area contributed by atoms with Gasteiger partial charge >= 0.3 is 0 Å². The average Bonchev–Trinajstić information content (AvgIpc) is 3.14. The summed E-state index contributed by atoms with van der Waals surface area (Å²) in [5.74, 6) is 0.211. The Balaban J connectivity index is 1.63. The minimum Gasteiger partial charge on any atom is -0.337 e. The number of nitrogens with one attached hydrogen (secondary N) is 1. The second-order valence-corrected chi connectivity index (χ2v) is 7.82. The van der Waals surface area contributed by atoms with Crippen LogP contribution in [0.1, 0.15) is 65.7 Å². The zero-order valence-electron chi connectivity index (χ0n) is 16.9. The Kier molecular flexibility index (Phi) is 5.34. The van der Waals surface area contributed by atoms with Crippen LogP contribution in [0.25, 0.3) is 5.52 Å². The van der Waals surface area contributed by atoms with Gasteiger partial charge in [0.15, 0.2) is 5.69 Å². The number of amides is 2. The van der Waals surface area contributed by atoms with E-state index >= 15 is 0 Å². The van der Waals surface area contributed by atoms with E-state index in [0.29, 0.717) is 22.8 Å². The summed E-state index contributed by atoms with van der Waals surface area (Å²) in [7, 11) is 0. The maximum atomic E-state index is 13.0. The molecule has 0 aliphatic carbocycles. The van der Waals surface area contributed by atoms with Gasteiger partial charge in [0.1, 0.15) is 0 Å². The van der Waals surface area contributed by atoms with E-state index in [1.54, 1.807) is 10.6 Å². The van der Waals surface area contributed by atoms with E-state index in [2.05, 4.69) is 24.1 Å². The van der Waals surface area contributed by atoms with Crippen LogP contribution in [0, 0.1) is 0 Å². The predicted octanol–water partition coefficient (Wildman–Crippen LogP) is 4.34. The molecule has 0 bridgehead atoms. The van der Waals surface area contributed by atoms with Gasteiger partial charge in [-0.3, -0.25) is 14.0 Å². The molecule has 1 aliphatic heterocycles. The van der Waals surface area contributed by atoms with Gasteiger partial charge in [0, 0.05) is 25.0 Å². The van der Waals surface area contributed by atoms with Crippen LogP contribution in [-0.4, -0.2) is 39.2 Å². The Hall–Kier alpha value is -3.15. The van der Waals surface area contributed by atoms with E-state index in [4.69, 9.17) is 0 Å². The molecule has 29 heavy (non-hydrogen) atoms. The standard InChI is InChI=1S/C23H26N4O2/c1-16(2)17-9-11-18(12-10-17)24-22(28)21-25-20(19-8-4-7-15-27(19)21)23(29)26-13-5-3-6-14-26/h4,7-12,15-16H,3,5-6,13-14H2,1-2H3,(H,24,28). The Morgan fingerprint density at radius 2 is 1.72 bits per heavy atom. The zero-order chi connectivity index (χ0) is 20.4. The summed E-state index contributed by atoms with van der Waals surface area (Å²) < 4.78 is 1.69. The third-order valence-electron chi connectivity index (χ3n) is 5.43. The maximum Gasteiger partial charge on any atom is 0.292 e. The van der Waals surface area contributed by atoms with Crippen molar-refractivity contribution in [3.05, 3.63) is 65.7 Å². The molecule has 150 valence electrons. The number of anilines is 1. The number of pyridine rings is 1. The fraction of sp³-hybridized carbons (Fsp3) is 0.348. The summed E-state index contributed by atoms with van der Waals surface area (Å²) in [6, 6.07) is 13.3. The van der Waals surface area contributed by atoms with Gasteiger partial charge in [0.2, 0.25) is 5.82 Å². The van der Waals surface area contributed by atoms with E-state index < -0.39 is 0 Å². The second-order valence-electron chi connectivity index (χ2n) is 7.82. The second kappa shape index (κ2) is 8.07. The average molecular weight is 390 g/mol. The molecule has 3 heterocycles. The minimum atomic E-state index is -0.332. The number of aromatic nitrogens is 2. The molecule has 6 heteroatoms. The number of piperidine rings is 1. The lowest BCUT2D eigenvalue weighted by Crippen LogP contribution is -2.36. The van der Waals surface area contributed by atoms with Crippen molar-refractivity contribution >= 4 is 23.0 Å². The molecule has 0 spiro atoms. The van der Waals surface area contributed by atoms with Crippen molar-refractivity contribution in [3.8, 4) is 0 Å². The largest absolute Gasteiger partial charge is 0.337 e. The number of nitrogens with zero attached hydrogens (tertiary/aromatic N) is 3. The number of imidazole rings is 1. The summed E-state index contributed by atoms with van der Waals surface area (Å²) >= 11 is 0. The topological polar surface area (TPSA) is 66.7 Å². The predicted molar refractivity (Wildman–Crippen MR) is 113 cm³/mol. The molecule has 0 atom stereocenters. The number of likely N-dealkylation sites (tertiary alicyclic amines) is 1. The SMILES string of the molecule is CC(C)c1ccc(NC(=O)c2nc(C(=O)N3CCCCC3)c3ccccn23)cc1. The summed E-state index contributed by atoms with van der Waals surface area (Å²) in [6.07, 6.45) is 4.94. The van der Waals surface area contributed by atoms with Crippen molar-refractivity contribution in [2.75, 3.05) is 18.4 Å². The maximum absolute atomic E-state index is 13.0. The Bertz CT molecular complexity index is 1030. The van der Waals surface area contributed by atoms with Crippen molar-refractivity contribution in [3.63, 3.8) is 0 Å². The van der Waals surface area contributed by atoms with Crippen molar-refractivity contribution < 1.29 is 9.59 Å². The molecule has 2 amide bonds. The summed E-state index contributed by atoms with van der Waals surface area (Å²) in [5.41, 5.74) is 2.91. The summed E-state index contributed by atoms with van der Waals surface area (Å²) in [4.78, 5) is 32.3. The first-order valence-electron chi connectivity index (χ1n) is 10.2. The lowest BCUT2D eigenvalue weighted by molar-refractivity contribution is 0.0721. The lowest BCUT2D eigenvalue weighted by Gasteiger charge is -2.25. The van der Waals surface area contributed by atoms with Crippen LogP contribution in [0.2, 0.25) is 0 Å².